The van der Waals surface area contributed by atoms with Crippen LogP contribution in [0.3, 0.4) is 0 Å². The molecule has 0 aromatic heterocycles. The van der Waals surface area contributed by atoms with E-state index in [2.05, 4.69) is 5.32 Å². The van der Waals surface area contributed by atoms with E-state index in [-0.39, 0.29) is 18.9 Å². The highest BCUT2D eigenvalue weighted by Gasteiger charge is 2.23. The molecule has 0 aliphatic heterocycles. The van der Waals surface area contributed by atoms with Gasteiger partial charge in [0.1, 0.15) is 11.4 Å². The molecule has 1 amide bonds. The molecule has 0 heterocycles. The van der Waals surface area contributed by atoms with Crippen molar-refractivity contribution in [3.05, 3.63) is 64.7 Å². The fraction of sp³-hybridized carbons (Fsp3) is 0.278. The second-order valence-electron chi connectivity index (χ2n) is 5.55. The number of benzene rings is 2. The molecule has 23 heavy (non-hydrogen) atoms. The lowest BCUT2D eigenvalue weighted by Gasteiger charge is -2.24. The van der Waals surface area contributed by atoms with Crippen molar-refractivity contribution in [1.29, 1.82) is 0 Å². The lowest BCUT2D eigenvalue weighted by molar-refractivity contribution is -0.121. The first-order chi connectivity index (χ1) is 10.9. The number of amides is 1. The van der Waals surface area contributed by atoms with E-state index >= 15 is 0 Å². The average molecular weight is 334 g/mol. The molecule has 0 saturated heterocycles. The normalized spacial score (nSPS) is 13.2. The van der Waals surface area contributed by atoms with Crippen LogP contribution in [-0.4, -0.2) is 24.7 Å². The number of rotatable bonds is 6. The first-order valence-corrected chi connectivity index (χ1v) is 7.67. The molecule has 2 rings (SSSR count). The van der Waals surface area contributed by atoms with Gasteiger partial charge in [-0.3, -0.25) is 4.79 Å². The highest BCUT2D eigenvalue weighted by molar-refractivity contribution is 6.31. The molecule has 0 radical (unpaired) electrons. The van der Waals surface area contributed by atoms with Crippen molar-refractivity contribution in [3.63, 3.8) is 0 Å². The molecule has 122 valence electrons. The van der Waals surface area contributed by atoms with E-state index in [0.717, 1.165) is 5.56 Å². The molecule has 2 aromatic carbocycles. The second-order valence-corrected chi connectivity index (χ2v) is 5.96. The summed E-state index contributed by atoms with van der Waals surface area (Å²) in [6.45, 7) is 1.80. The van der Waals surface area contributed by atoms with Crippen molar-refractivity contribution in [2.75, 3.05) is 13.7 Å². The summed E-state index contributed by atoms with van der Waals surface area (Å²) in [5, 5.41) is 13.7. The standard InChI is InChI=1S/C18H20ClNO3/c1-18(22,14-6-4-3-5-7-14)12-20-17(21)10-13-8-9-15(23-2)11-16(13)19/h3-9,11,22H,10,12H2,1-2H3,(H,20,21). The molecule has 1 unspecified atom stereocenters. The second kappa shape index (κ2) is 7.49. The number of hydrogen-bond donors (Lipinski definition) is 2. The summed E-state index contributed by atoms with van der Waals surface area (Å²) in [5.41, 5.74) is 0.341. The fourth-order valence-corrected chi connectivity index (χ4v) is 2.44. The van der Waals surface area contributed by atoms with Crippen LogP contribution in [0.15, 0.2) is 48.5 Å². The topological polar surface area (TPSA) is 58.6 Å². The Labute approximate surface area is 141 Å². The maximum absolute atomic E-state index is 12.1. The van der Waals surface area contributed by atoms with Crippen molar-refractivity contribution in [3.8, 4) is 5.75 Å². The van der Waals surface area contributed by atoms with Crippen LogP contribution < -0.4 is 10.1 Å². The molecule has 0 aliphatic carbocycles. The van der Waals surface area contributed by atoms with E-state index in [1.54, 1.807) is 32.2 Å². The van der Waals surface area contributed by atoms with Gasteiger partial charge in [0.2, 0.25) is 5.91 Å². The van der Waals surface area contributed by atoms with E-state index < -0.39 is 5.60 Å². The zero-order valence-electron chi connectivity index (χ0n) is 13.2. The van der Waals surface area contributed by atoms with Crippen LogP contribution >= 0.6 is 11.6 Å². The van der Waals surface area contributed by atoms with Gasteiger partial charge >= 0.3 is 0 Å². The predicted molar refractivity (Wildman–Crippen MR) is 90.7 cm³/mol. The van der Waals surface area contributed by atoms with Gasteiger partial charge in [0.15, 0.2) is 0 Å². The Morgan fingerprint density at radius 2 is 1.96 bits per heavy atom. The molecule has 2 aromatic rings. The molecular formula is C18H20ClNO3. The van der Waals surface area contributed by atoms with Gasteiger partial charge in [-0.2, -0.15) is 0 Å². The van der Waals surface area contributed by atoms with E-state index in [4.69, 9.17) is 16.3 Å². The summed E-state index contributed by atoms with van der Waals surface area (Å²) >= 11 is 6.13. The lowest BCUT2D eigenvalue weighted by Crippen LogP contribution is -2.39. The molecule has 1 atom stereocenters. The highest BCUT2D eigenvalue weighted by Crippen LogP contribution is 2.23. The van der Waals surface area contributed by atoms with Gasteiger partial charge in [0, 0.05) is 5.02 Å². The van der Waals surface area contributed by atoms with Gasteiger partial charge in [0.25, 0.3) is 0 Å². The maximum Gasteiger partial charge on any atom is 0.224 e. The Bertz CT molecular complexity index is 671. The van der Waals surface area contributed by atoms with E-state index in [0.29, 0.717) is 16.3 Å². The van der Waals surface area contributed by atoms with Crippen molar-refractivity contribution in [1.82, 2.24) is 5.32 Å². The molecule has 0 fully saturated rings. The molecule has 0 spiro atoms. The van der Waals surface area contributed by atoms with Gasteiger partial charge in [-0.25, -0.2) is 0 Å². The Morgan fingerprint density at radius 3 is 2.57 bits per heavy atom. The van der Waals surface area contributed by atoms with Crippen LogP contribution in [0, 0.1) is 0 Å². The Kier molecular flexibility index (Phi) is 5.64. The third-order valence-electron chi connectivity index (χ3n) is 3.64. The smallest absolute Gasteiger partial charge is 0.224 e. The lowest BCUT2D eigenvalue weighted by atomic mass is 9.96. The molecule has 5 heteroatoms. The molecular weight excluding hydrogens is 314 g/mol. The molecule has 0 aliphatic rings. The first-order valence-electron chi connectivity index (χ1n) is 7.29. The number of nitrogens with one attached hydrogen (secondary N) is 1. The largest absolute Gasteiger partial charge is 0.497 e. The minimum atomic E-state index is -1.12. The minimum Gasteiger partial charge on any atom is -0.497 e. The minimum absolute atomic E-state index is 0.129. The predicted octanol–water partition coefficient (Wildman–Crippen LogP) is 2.92. The van der Waals surface area contributed by atoms with Gasteiger partial charge in [-0.1, -0.05) is 48.0 Å². The summed E-state index contributed by atoms with van der Waals surface area (Å²) in [6.07, 6.45) is 0.147. The number of methoxy groups -OCH3 is 1. The third-order valence-corrected chi connectivity index (χ3v) is 3.99. The molecule has 2 N–H and O–H groups in total. The SMILES string of the molecule is COc1ccc(CC(=O)NCC(C)(O)c2ccccc2)c(Cl)c1. The monoisotopic (exact) mass is 333 g/mol. The summed E-state index contributed by atoms with van der Waals surface area (Å²) < 4.78 is 5.08. The van der Waals surface area contributed by atoms with Crippen LogP contribution in [0.5, 0.6) is 5.75 Å². The Morgan fingerprint density at radius 1 is 1.26 bits per heavy atom. The Hall–Kier alpha value is -2.04. The zero-order chi connectivity index (χ0) is 16.9. The van der Waals surface area contributed by atoms with Crippen LogP contribution in [0.4, 0.5) is 0 Å². The van der Waals surface area contributed by atoms with Crippen LogP contribution in [-0.2, 0) is 16.8 Å². The number of carbonyl (C=O) groups is 1. The van der Waals surface area contributed by atoms with Gasteiger partial charge in [-0.05, 0) is 30.2 Å². The average Bonchev–Trinajstić information content (AvgIpc) is 2.56. The summed E-state index contributed by atoms with van der Waals surface area (Å²) in [5.74, 6) is 0.444. The van der Waals surface area contributed by atoms with Gasteiger partial charge in [0.05, 0.1) is 20.1 Å². The van der Waals surface area contributed by atoms with Crippen LogP contribution in [0.25, 0.3) is 0 Å². The van der Waals surface area contributed by atoms with Gasteiger partial charge in [-0.15, -0.1) is 0 Å². The fourth-order valence-electron chi connectivity index (χ4n) is 2.20. The maximum atomic E-state index is 12.1. The summed E-state index contributed by atoms with van der Waals surface area (Å²) in [7, 11) is 1.56. The molecule has 0 saturated carbocycles. The van der Waals surface area contributed by atoms with Crippen LogP contribution in [0.2, 0.25) is 5.02 Å². The number of hydrogen-bond acceptors (Lipinski definition) is 3. The molecule has 0 bridgehead atoms. The summed E-state index contributed by atoms with van der Waals surface area (Å²) in [4.78, 5) is 12.1. The van der Waals surface area contributed by atoms with Crippen LogP contribution in [0.1, 0.15) is 18.1 Å². The van der Waals surface area contributed by atoms with Crippen molar-refractivity contribution >= 4 is 17.5 Å². The highest BCUT2D eigenvalue weighted by atomic mass is 35.5. The van der Waals surface area contributed by atoms with Crippen molar-refractivity contribution in [2.24, 2.45) is 0 Å². The number of ether oxygens (including phenoxy) is 1. The molecule has 4 nitrogen and oxygen atoms in total. The third kappa shape index (κ3) is 4.71. The van der Waals surface area contributed by atoms with E-state index in [9.17, 15) is 9.90 Å². The quantitative estimate of drug-likeness (QED) is 0.854. The summed E-state index contributed by atoms with van der Waals surface area (Å²) in [6, 6.07) is 14.4. The van der Waals surface area contributed by atoms with E-state index in [1.807, 2.05) is 30.3 Å². The number of aliphatic hydroxyl groups is 1. The van der Waals surface area contributed by atoms with Crippen molar-refractivity contribution in [2.45, 2.75) is 18.9 Å². The number of halogens is 1. The first kappa shape index (κ1) is 17.3. The Balaban J connectivity index is 1.95. The zero-order valence-corrected chi connectivity index (χ0v) is 13.9. The van der Waals surface area contributed by atoms with E-state index in [1.165, 1.54) is 0 Å². The van der Waals surface area contributed by atoms with Crippen molar-refractivity contribution < 1.29 is 14.6 Å². The van der Waals surface area contributed by atoms with Gasteiger partial charge < -0.3 is 15.2 Å². The number of carbonyl (C=O) groups excluding carboxylic acids is 1.